The summed E-state index contributed by atoms with van der Waals surface area (Å²) >= 11 is 0. The predicted octanol–water partition coefficient (Wildman–Crippen LogP) is 1.83. The van der Waals surface area contributed by atoms with E-state index in [0.717, 1.165) is 57.3 Å². The minimum atomic E-state index is -0.223. The zero-order chi connectivity index (χ0) is 18.9. The molecular weight excluding hydrogens is 330 g/mol. The van der Waals surface area contributed by atoms with Crippen molar-refractivity contribution in [3.8, 4) is 0 Å². The highest BCUT2D eigenvalue weighted by molar-refractivity contribution is 5.80. The standard InChI is InChI=1S/C19H33N5O2/c1-4-23(5-2)16(17-9-7-11-26-17)13-22-19(21-3)24-10-6-8-15(14-24)12-18(20)25/h7,9,11,15-16H,4-6,8,10,12-14H2,1-3H3,(H2,20,25)(H,21,22). The molecule has 2 unspecified atom stereocenters. The van der Waals surface area contributed by atoms with Gasteiger partial charge in [-0.3, -0.25) is 14.7 Å². The van der Waals surface area contributed by atoms with Crippen LogP contribution in [-0.4, -0.2) is 61.4 Å². The van der Waals surface area contributed by atoms with Gasteiger partial charge in [-0.1, -0.05) is 13.8 Å². The van der Waals surface area contributed by atoms with Crippen molar-refractivity contribution in [2.24, 2.45) is 16.6 Å². The van der Waals surface area contributed by atoms with E-state index in [1.165, 1.54) is 0 Å². The molecule has 0 aromatic carbocycles. The lowest BCUT2D eigenvalue weighted by Gasteiger charge is -2.36. The van der Waals surface area contributed by atoms with E-state index in [4.69, 9.17) is 10.2 Å². The van der Waals surface area contributed by atoms with Crippen molar-refractivity contribution < 1.29 is 9.21 Å². The van der Waals surface area contributed by atoms with E-state index in [9.17, 15) is 4.79 Å². The van der Waals surface area contributed by atoms with Gasteiger partial charge in [-0.05, 0) is 44.0 Å². The molecule has 0 saturated carbocycles. The number of nitrogens with one attached hydrogen (secondary N) is 1. The van der Waals surface area contributed by atoms with E-state index in [2.05, 4.69) is 34.0 Å². The molecule has 7 heteroatoms. The van der Waals surface area contributed by atoms with Gasteiger partial charge in [0.2, 0.25) is 5.91 Å². The number of nitrogens with zero attached hydrogens (tertiary/aromatic N) is 3. The van der Waals surface area contributed by atoms with Crippen LogP contribution in [0.2, 0.25) is 0 Å². The molecule has 2 heterocycles. The van der Waals surface area contributed by atoms with E-state index in [-0.39, 0.29) is 11.9 Å². The van der Waals surface area contributed by atoms with Crippen LogP contribution in [0.15, 0.2) is 27.8 Å². The summed E-state index contributed by atoms with van der Waals surface area (Å²) in [5.74, 6) is 1.92. The summed E-state index contributed by atoms with van der Waals surface area (Å²) in [6.07, 6.45) is 4.27. The molecule has 1 aliphatic heterocycles. The highest BCUT2D eigenvalue weighted by Gasteiger charge is 2.25. The van der Waals surface area contributed by atoms with Crippen LogP contribution in [0.4, 0.5) is 0 Å². The summed E-state index contributed by atoms with van der Waals surface area (Å²) in [5, 5.41) is 3.51. The third-order valence-electron chi connectivity index (χ3n) is 5.10. The Labute approximate surface area is 156 Å². The molecule has 1 amide bonds. The van der Waals surface area contributed by atoms with Gasteiger partial charge in [0.15, 0.2) is 5.96 Å². The molecule has 3 N–H and O–H groups in total. The van der Waals surface area contributed by atoms with Crippen LogP contribution in [0.25, 0.3) is 0 Å². The average Bonchev–Trinajstić information content (AvgIpc) is 3.15. The number of rotatable bonds is 8. The fourth-order valence-electron chi connectivity index (χ4n) is 3.78. The van der Waals surface area contributed by atoms with Crippen LogP contribution in [0, 0.1) is 5.92 Å². The second kappa shape index (κ2) is 10.2. The monoisotopic (exact) mass is 363 g/mol. The first kappa shape index (κ1) is 20.3. The summed E-state index contributed by atoms with van der Waals surface area (Å²) in [5.41, 5.74) is 5.37. The van der Waals surface area contributed by atoms with Crippen molar-refractivity contribution in [3.05, 3.63) is 24.2 Å². The molecule has 0 aliphatic carbocycles. The second-order valence-corrected chi connectivity index (χ2v) is 6.81. The zero-order valence-electron chi connectivity index (χ0n) is 16.3. The number of nitrogens with two attached hydrogens (primary N) is 1. The Morgan fingerprint density at radius 2 is 2.27 bits per heavy atom. The summed E-state index contributed by atoms with van der Waals surface area (Å²) in [7, 11) is 1.80. The highest BCUT2D eigenvalue weighted by atomic mass is 16.3. The average molecular weight is 364 g/mol. The maximum absolute atomic E-state index is 11.2. The van der Waals surface area contributed by atoms with Crippen molar-refractivity contribution in [2.75, 3.05) is 39.8 Å². The minimum absolute atomic E-state index is 0.156. The summed E-state index contributed by atoms with van der Waals surface area (Å²) in [4.78, 5) is 20.3. The number of furan rings is 1. The fraction of sp³-hybridized carbons (Fsp3) is 0.684. The van der Waals surface area contributed by atoms with Gasteiger partial charge < -0.3 is 20.4 Å². The summed E-state index contributed by atoms with van der Waals surface area (Å²) in [6, 6.07) is 4.11. The van der Waals surface area contributed by atoms with Crippen LogP contribution in [0.1, 0.15) is 44.9 Å². The number of aliphatic imine (C=N–C) groups is 1. The third-order valence-corrected chi connectivity index (χ3v) is 5.10. The Balaban J connectivity index is 2.00. The maximum Gasteiger partial charge on any atom is 0.217 e. The number of guanidine groups is 1. The Morgan fingerprint density at radius 1 is 1.50 bits per heavy atom. The van der Waals surface area contributed by atoms with Crippen LogP contribution < -0.4 is 11.1 Å². The van der Waals surface area contributed by atoms with Crippen molar-refractivity contribution in [3.63, 3.8) is 0 Å². The lowest BCUT2D eigenvalue weighted by molar-refractivity contribution is -0.119. The van der Waals surface area contributed by atoms with Gasteiger partial charge in [0.05, 0.1) is 12.3 Å². The number of piperidine rings is 1. The van der Waals surface area contributed by atoms with Gasteiger partial charge in [-0.15, -0.1) is 0 Å². The van der Waals surface area contributed by atoms with Gasteiger partial charge in [0, 0.05) is 33.1 Å². The number of hydrogen-bond acceptors (Lipinski definition) is 4. The van der Waals surface area contributed by atoms with Crippen molar-refractivity contribution in [1.29, 1.82) is 0 Å². The first-order valence-corrected chi connectivity index (χ1v) is 9.60. The Kier molecular flexibility index (Phi) is 7.97. The molecule has 2 rings (SSSR count). The van der Waals surface area contributed by atoms with Crippen LogP contribution in [0.5, 0.6) is 0 Å². The van der Waals surface area contributed by atoms with E-state index in [0.29, 0.717) is 12.3 Å². The molecule has 0 spiro atoms. The Morgan fingerprint density at radius 3 is 2.85 bits per heavy atom. The molecule has 0 bridgehead atoms. The topological polar surface area (TPSA) is 87.1 Å². The van der Waals surface area contributed by atoms with Crippen LogP contribution in [-0.2, 0) is 4.79 Å². The van der Waals surface area contributed by atoms with E-state index < -0.39 is 0 Å². The summed E-state index contributed by atoms with van der Waals surface area (Å²) < 4.78 is 5.67. The number of likely N-dealkylation sites (tertiary alicyclic amines) is 1. The Bertz CT molecular complexity index is 568. The molecule has 26 heavy (non-hydrogen) atoms. The number of hydrogen-bond donors (Lipinski definition) is 2. The van der Waals surface area contributed by atoms with E-state index >= 15 is 0 Å². The smallest absolute Gasteiger partial charge is 0.217 e. The molecule has 0 radical (unpaired) electrons. The van der Waals surface area contributed by atoms with E-state index in [1.807, 2.05) is 12.1 Å². The normalized spacial score (nSPS) is 19.6. The quantitative estimate of drug-likeness (QED) is 0.543. The number of amides is 1. The fourth-order valence-corrected chi connectivity index (χ4v) is 3.78. The van der Waals surface area contributed by atoms with Gasteiger partial charge in [-0.25, -0.2) is 0 Å². The first-order chi connectivity index (χ1) is 12.6. The third kappa shape index (κ3) is 5.49. The van der Waals surface area contributed by atoms with Gasteiger partial charge in [-0.2, -0.15) is 0 Å². The largest absolute Gasteiger partial charge is 0.468 e. The van der Waals surface area contributed by atoms with Crippen molar-refractivity contribution >= 4 is 11.9 Å². The second-order valence-electron chi connectivity index (χ2n) is 6.81. The number of likely N-dealkylation sites (N-methyl/N-ethyl adjacent to an activating group) is 1. The zero-order valence-corrected chi connectivity index (χ0v) is 16.3. The molecular formula is C19H33N5O2. The Hall–Kier alpha value is -2.02. The number of primary amides is 1. The van der Waals surface area contributed by atoms with Crippen molar-refractivity contribution in [1.82, 2.24) is 15.1 Å². The highest BCUT2D eigenvalue weighted by Crippen LogP contribution is 2.22. The van der Waals surface area contributed by atoms with Gasteiger partial charge >= 0.3 is 0 Å². The number of carbonyl (C=O) groups is 1. The van der Waals surface area contributed by atoms with Gasteiger partial charge in [0.25, 0.3) is 0 Å². The molecule has 1 aliphatic rings. The predicted molar refractivity (Wildman–Crippen MR) is 104 cm³/mol. The van der Waals surface area contributed by atoms with E-state index in [1.54, 1.807) is 13.3 Å². The minimum Gasteiger partial charge on any atom is -0.468 e. The molecule has 1 aromatic heterocycles. The lowest BCUT2D eigenvalue weighted by atomic mass is 9.95. The lowest BCUT2D eigenvalue weighted by Crippen LogP contribution is -2.49. The van der Waals surface area contributed by atoms with Gasteiger partial charge in [0.1, 0.15) is 5.76 Å². The molecule has 7 nitrogen and oxygen atoms in total. The van der Waals surface area contributed by atoms with Crippen molar-refractivity contribution in [2.45, 2.75) is 39.2 Å². The summed E-state index contributed by atoms with van der Waals surface area (Å²) in [6.45, 7) is 8.71. The maximum atomic E-state index is 11.2. The molecule has 1 fully saturated rings. The first-order valence-electron chi connectivity index (χ1n) is 9.60. The van der Waals surface area contributed by atoms with Crippen LogP contribution in [0.3, 0.4) is 0 Å². The SMILES string of the molecule is CCN(CC)C(CNC(=NC)N1CCCC(CC(N)=O)C1)c1ccco1. The van der Waals surface area contributed by atoms with Crippen LogP contribution >= 0.6 is 0 Å². The molecule has 146 valence electrons. The molecule has 2 atom stereocenters. The molecule has 1 saturated heterocycles. The molecule has 1 aromatic rings. The number of carbonyl (C=O) groups excluding carboxylic acids is 1.